The van der Waals surface area contributed by atoms with Crippen molar-refractivity contribution in [2.75, 3.05) is 0 Å². The Hall–Kier alpha value is 0. The van der Waals surface area contributed by atoms with Crippen LogP contribution in [0, 0.1) is 35.0 Å². The van der Waals surface area contributed by atoms with Crippen molar-refractivity contribution in [1.29, 1.82) is 0 Å². The van der Waals surface area contributed by atoms with Crippen molar-refractivity contribution >= 4 is 0 Å². The molecule has 0 nitrogen and oxygen atoms in total. The molecule has 0 amide bonds. The second kappa shape index (κ2) is 2.39. The van der Waals surface area contributed by atoms with Crippen molar-refractivity contribution in [3.63, 3.8) is 0 Å². The molecule has 4 aliphatic carbocycles. The lowest BCUT2D eigenvalue weighted by molar-refractivity contribution is 0.0357. The lowest BCUT2D eigenvalue weighted by atomic mass is 9.59. The van der Waals surface area contributed by atoms with Gasteiger partial charge >= 0.3 is 0 Å². The Kier molecular flexibility index (Phi) is 1.40. The normalized spacial score (nSPS) is 64.5. The molecule has 0 aromatic carbocycles. The highest BCUT2D eigenvalue weighted by atomic mass is 14.7. The van der Waals surface area contributed by atoms with Crippen LogP contribution in [0.15, 0.2) is 0 Å². The van der Waals surface area contributed by atoms with Gasteiger partial charge in [-0.1, -0.05) is 6.92 Å². The van der Waals surface area contributed by atoms with Gasteiger partial charge in [0.05, 0.1) is 0 Å². The van der Waals surface area contributed by atoms with E-state index in [9.17, 15) is 0 Å². The molecule has 0 bridgehead atoms. The van der Waals surface area contributed by atoms with Crippen LogP contribution in [0.4, 0.5) is 0 Å². The summed E-state index contributed by atoms with van der Waals surface area (Å²) in [5.41, 5.74) is 0.927. The van der Waals surface area contributed by atoms with Crippen molar-refractivity contribution < 1.29 is 0 Å². The molecule has 0 aromatic heterocycles. The van der Waals surface area contributed by atoms with Crippen LogP contribution in [0.2, 0.25) is 0 Å². The zero-order chi connectivity index (χ0) is 9.34. The quantitative estimate of drug-likeness (QED) is 0.544. The predicted molar refractivity (Wildman–Crippen MR) is 57.9 cm³/mol. The van der Waals surface area contributed by atoms with E-state index in [0.717, 1.165) is 17.3 Å². The lowest BCUT2D eigenvalue weighted by Gasteiger charge is -2.45. The van der Waals surface area contributed by atoms with E-state index in [1.807, 2.05) is 0 Å². The van der Waals surface area contributed by atoms with Gasteiger partial charge in [0.15, 0.2) is 0 Å². The average molecular weight is 190 g/mol. The highest BCUT2D eigenvalue weighted by Gasteiger charge is 2.66. The van der Waals surface area contributed by atoms with Crippen LogP contribution in [0.25, 0.3) is 0 Å². The van der Waals surface area contributed by atoms with Crippen molar-refractivity contribution in [2.24, 2.45) is 35.0 Å². The minimum atomic E-state index is 0.927. The fourth-order valence-corrected chi connectivity index (χ4v) is 5.19. The largest absolute Gasteiger partial charge is 0.0622 e. The maximum Gasteiger partial charge on any atom is -0.0233 e. The first-order valence-electron chi connectivity index (χ1n) is 6.79. The van der Waals surface area contributed by atoms with Crippen LogP contribution in [0.3, 0.4) is 0 Å². The Balaban J connectivity index is 1.55. The Morgan fingerprint density at radius 1 is 0.929 bits per heavy atom. The molecule has 0 N–H and O–H groups in total. The minimum absolute atomic E-state index is 0.927. The van der Waals surface area contributed by atoms with Crippen LogP contribution in [-0.4, -0.2) is 0 Å². The van der Waals surface area contributed by atoms with Crippen LogP contribution >= 0.6 is 0 Å². The molecule has 78 valence electrons. The van der Waals surface area contributed by atoms with Crippen LogP contribution in [0.5, 0.6) is 0 Å². The maximum absolute atomic E-state index is 2.51. The molecule has 1 spiro atoms. The van der Waals surface area contributed by atoms with E-state index in [1.165, 1.54) is 17.8 Å². The fourth-order valence-electron chi connectivity index (χ4n) is 5.19. The number of hydrogen-bond acceptors (Lipinski definition) is 0. The Labute approximate surface area is 87.5 Å². The van der Waals surface area contributed by atoms with E-state index in [-0.39, 0.29) is 0 Å². The van der Waals surface area contributed by atoms with Gasteiger partial charge in [-0.05, 0) is 80.0 Å². The highest BCUT2D eigenvalue weighted by molar-refractivity contribution is 5.15. The number of fused-ring (bicyclic) bond motifs is 1. The standard InChI is InChI=1S/C14H22/c1-9-7-14-8-12(14)4-2-10-6-11(10)3-5-13(9)14/h9-13H,2-8H2,1H3. The van der Waals surface area contributed by atoms with Crippen LogP contribution < -0.4 is 0 Å². The average Bonchev–Trinajstić information content (AvgIpc) is 2.99. The molecule has 4 saturated carbocycles. The molecular weight excluding hydrogens is 168 g/mol. The summed E-state index contributed by atoms with van der Waals surface area (Å²) >= 11 is 0. The smallest absolute Gasteiger partial charge is 0.0233 e. The molecule has 0 aliphatic heterocycles. The Bertz CT molecular complexity index is 269. The second-order valence-electron chi connectivity index (χ2n) is 6.83. The molecule has 6 unspecified atom stereocenters. The van der Waals surface area contributed by atoms with E-state index in [2.05, 4.69) is 6.92 Å². The highest BCUT2D eigenvalue weighted by Crippen LogP contribution is 2.74. The van der Waals surface area contributed by atoms with E-state index in [0.29, 0.717) is 0 Å². The van der Waals surface area contributed by atoms with Gasteiger partial charge in [-0.2, -0.15) is 0 Å². The summed E-state index contributed by atoms with van der Waals surface area (Å²) < 4.78 is 0. The van der Waals surface area contributed by atoms with Gasteiger partial charge < -0.3 is 0 Å². The molecule has 14 heavy (non-hydrogen) atoms. The summed E-state index contributed by atoms with van der Waals surface area (Å²) in [7, 11) is 0. The monoisotopic (exact) mass is 190 g/mol. The topological polar surface area (TPSA) is 0 Å². The molecule has 0 heteroatoms. The summed E-state index contributed by atoms with van der Waals surface area (Å²) in [6, 6.07) is 0. The van der Waals surface area contributed by atoms with Gasteiger partial charge in [0.25, 0.3) is 0 Å². The van der Waals surface area contributed by atoms with E-state index in [1.54, 1.807) is 44.9 Å². The second-order valence-corrected chi connectivity index (χ2v) is 6.83. The van der Waals surface area contributed by atoms with Gasteiger partial charge in [0.1, 0.15) is 0 Å². The lowest BCUT2D eigenvalue weighted by Crippen LogP contribution is -2.38. The van der Waals surface area contributed by atoms with Crippen molar-refractivity contribution in [1.82, 2.24) is 0 Å². The molecule has 0 radical (unpaired) electrons. The first-order chi connectivity index (χ1) is 6.79. The fraction of sp³-hybridized carbons (Fsp3) is 1.00. The zero-order valence-electron chi connectivity index (χ0n) is 9.34. The number of rotatable bonds is 0. The summed E-state index contributed by atoms with van der Waals surface area (Å²) in [4.78, 5) is 0. The Morgan fingerprint density at radius 2 is 1.71 bits per heavy atom. The summed E-state index contributed by atoms with van der Waals surface area (Å²) in [6.07, 6.45) is 11.2. The van der Waals surface area contributed by atoms with E-state index in [4.69, 9.17) is 0 Å². The van der Waals surface area contributed by atoms with Gasteiger partial charge in [-0.15, -0.1) is 0 Å². The van der Waals surface area contributed by atoms with Gasteiger partial charge in [0.2, 0.25) is 0 Å². The number of hydrogen-bond donors (Lipinski definition) is 0. The third-order valence-corrected chi connectivity index (χ3v) is 6.21. The van der Waals surface area contributed by atoms with Crippen LogP contribution in [-0.2, 0) is 0 Å². The SMILES string of the molecule is CC1CC23CC2CCC2CC2CCC13. The van der Waals surface area contributed by atoms with Gasteiger partial charge in [0, 0.05) is 0 Å². The molecule has 0 aromatic rings. The molecule has 4 rings (SSSR count). The van der Waals surface area contributed by atoms with Crippen molar-refractivity contribution in [3.05, 3.63) is 0 Å². The first kappa shape index (κ1) is 8.19. The summed E-state index contributed by atoms with van der Waals surface area (Å²) in [5.74, 6) is 5.78. The molecule has 0 saturated heterocycles. The molecule has 6 atom stereocenters. The zero-order valence-corrected chi connectivity index (χ0v) is 9.34. The first-order valence-corrected chi connectivity index (χ1v) is 6.79. The molecular formula is C14H22. The predicted octanol–water partition coefficient (Wildman–Crippen LogP) is 3.86. The van der Waals surface area contributed by atoms with Gasteiger partial charge in [-0.3, -0.25) is 0 Å². The third kappa shape index (κ3) is 0.907. The Morgan fingerprint density at radius 3 is 2.50 bits per heavy atom. The van der Waals surface area contributed by atoms with Crippen molar-refractivity contribution in [2.45, 2.75) is 51.9 Å². The molecule has 0 heterocycles. The third-order valence-electron chi connectivity index (χ3n) is 6.21. The van der Waals surface area contributed by atoms with E-state index >= 15 is 0 Å². The van der Waals surface area contributed by atoms with Gasteiger partial charge in [-0.25, -0.2) is 0 Å². The molecule has 4 fully saturated rings. The molecule has 4 aliphatic rings. The summed E-state index contributed by atoms with van der Waals surface area (Å²) in [6.45, 7) is 2.51. The van der Waals surface area contributed by atoms with Crippen molar-refractivity contribution in [3.8, 4) is 0 Å². The minimum Gasteiger partial charge on any atom is -0.0622 e. The van der Waals surface area contributed by atoms with E-state index < -0.39 is 0 Å². The maximum atomic E-state index is 2.51. The summed E-state index contributed by atoms with van der Waals surface area (Å²) in [5, 5.41) is 0. The van der Waals surface area contributed by atoms with Crippen LogP contribution in [0.1, 0.15) is 51.9 Å².